The molecule has 2 aromatic rings. The van der Waals surface area contributed by atoms with Crippen LogP contribution in [-0.4, -0.2) is 26.6 Å². The van der Waals surface area contributed by atoms with Crippen LogP contribution in [0.3, 0.4) is 0 Å². The zero-order chi connectivity index (χ0) is 25.1. The number of rotatable bonds is 6. The summed E-state index contributed by atoms with van der Waals surface area (Å²) in [5.74, 6) is -0.442. The molecule has 0 spiro atoms. The highest BCUT2D eigenvalue weighted by Gasteiger charge is 2.27. The van der Waals surface area contributed by atoms with E-state index in [0.717, 1.165) is 42.5 Å². The molecular weight excluding hydrogens is 458 g/mol. The number of benzene rings is 2. The lowest BCUT2D eigenvalue weighted by molar-refractivity contribution is -0.119. The first-order valence-corrected chi connectivity index (χ1v) is 14.3. The van der Waals surface area contributed by atoms with Crippen molar-refractivity contribution in [2.75, 3.05) is 10.8 Å². The van der Waals surface area contributed by atoms with Crippen molar-refractivity contribution in [2.45, 2.75) is 89.4 Å². The number of sulfonamides is 1. The van der Waals surface area contributed by atoms with Crippen molar-refractivity contribution in [1.29, 1.82) is 0 Å². The smallest absolute Gasteiger partial charge is 0.264 e. The van der Waals surface area contributed by atoms with E-state index in [1.54, 1.807) is 42.5 Å². The minimum Gasteiger partial charge on any atom is -0.271 e. The van der Waals surface area contributed by atoms with E-state index in [2.05, 4.69) is 10.5 Å². The molecule has 0 radical (unpaired) electrons. The van der Waals surface area contributed by atoms with Gasteiger partial charge in [0.15, 0.2) is 0 Å². The van der Waals surface area contributed by atoms with Gasteiger partial charge in [-0.1, -0.05) is 69.2 Å². The maximum atomic E-state index is 13.5. The number of nitrogens with zero attached hydrogens (tertiary/aromatic N) is 2. The van der Waals surface area contributed by atoms with Gasteiger partial charge in [-0.15, -0.1) is 0 Å². The Morgan fingerprint density at radius 2 is 1.34 bits per heavy atom. The highest BCUT2D eigenvalue weighted by molar-refractivity contribution is 7.92. The number of hydrogen-bond donors (Lipinski definition) is 1. The topological polar surface area (TPSA) is 78.8 Å². The molecular formula is C28H39N3O3S. The predicted molar refractivity (Wildman–Crippen MR) is 143 cm³/mol. The third-order valence-electron chi connectivity index (χ3n) is 6.38. The van der Waals surface area contributed by atoms with Crippen LogP contribution in [0.1, 0.15) is 81.8 Å². The second-order valence-corrected chi connectivity index (χ2v) is 11.4. The summed E-state index contributed by atoms with van der Waals surface area (Å²) in [5.41, 5.74) is 6.00. The maximum Gasteiger partial charge on any atom is 0.264 e. The van der Waals surface area contributed by atoms with Gasteiger partial charge in [-0.3, -0.25) is 9.10 Å². The van der Waals surface area contributed by atoms with Crippen molar-refractivity contribution in [3.05, 3.63) is 59.7 Å². The molecule has 6 nitrogen and oxygen atoms in total. The number of amides is 1. The molecule has 0 atom stereocenters. The van der Waals surface area contributed by atoms with Crippen molar-refractivity contribution >= 4 is 27.3 Å². The first kappa shape index (κ1) is 26.9. The Morgan fingerprint density at radius 1 is 0.829 bits per heavy atom. The van der Waals surface area contributed by atoms with Crippen LogP contribution < -0.4 is 9.73 Å². The molecule has 1 amide bonds. The van der Waals surface area contributed by atoms with Crippen LogP contribution in [0, 0.1) is 13.8 Å². The van der Waals surface area contributed by atoms with E-state index in [1.165, 1.54) is 49.3 Å². The van der Waals surface area contributed by atoms with Crippen molar-refractivity contribution < 1.29 is 13.2 Å². The van der Waals surface area contributed by atoms with Crippen molar-refractivity contribution in [3.8, 4) is 0 Å². The Kier molecular flexibility index (Phi) is 10.3. The lowest BCUT2D eigenvalue weighted by atomic mass is 10.00. The molecule has 1 aliphatic rings. The van der Waals surface area contributed by atoms with Gasteiger partial charge in [0.1, 0.15) is 6.54 Å². The van der Waals surface area contributed by atoms with E-state index in [-0.39, 0.29) is 11.4 Å². The number of hydrogen-bond acceptors (Lipinski definition) is 4. The molecule has 1 N–H and O–H groups in total. The Morgan fingerprint density at radius 3 is 1.89 bits per heavy atom. The van der Waals surface area contributed by atoms with Gasteiger partial charge in [0, 0.05) is 5.71 Å². The van der Waals surface area contributed by atoms with Crippen molar-refractivity contribution in [2.24, 2.45) is 5.10 Å². The number of carbonyl (C=O) groups excluding carboxylic acids is 1. The normalized spacial score (nSPS) is 16.0. The molecule has 1 fully saturated rings. The van der Waals surface area contributed by atoms with Gasteiger partial charge in [-0.2, -0.15) is 5.10 Å². The van der Waals surface area contributed by atoms with E-state index >= 15 is 0 Å². The van der Waals surface area contributed by atoms with E-state index in [4.69, 9.17) is 0 Å². The Hall–Kier alpha value is -2.67. The summed E-state index contributed by atoms with van der Waals surface area (Å²) in [6.45, 7) is 3.50. The third kappa shape index (κ3) is 8.49. The summed E-state index contributed by atoms with van der Waals surface area (Å²) >= 11 is 0. The van der Waals surface area contributed by atoms with Crippen LogP contribution in [0.15, 0.2) is 58.5 Å². The lowest BCUT2D eigenvalue weighted by Gasteiger charge is -2.24. The van der Waals surface area contributed by atoms with Crippen LogP contribution in [-0.2, 0) is 14.8 Å². The lowest BCUT2D eigenvalue weighted by Crippen LogP contribution is -2.40. The molecule has 35 heavy (non-hydrogen) atoms. The second kappa shape index (κ2) is 13.4. The Labute approximate surface area is 210 Å². The van der Waals surface area contributed by atoms with Gasteiger partial charge in [0.2, 0.25) is 0 Å². The first-order valence-electron chi connectivity index (χ1n) is 12.9. The third-order valence-corrected chi connectivity index (χ3v) is 8.17. The van der Waals surface area contributed by atoms with Crippen LogP contribution in [0.5, 0.6) is 0 Å². The van der Waals surface area contributed by atoms with Crippen LogP contribution in [0.25, 0.3) is 0 Å². The quantitative estimate of drug-likeness (QED) is 0.477. The average molecular weight is 498 g/mol. The molecule has 1 aliphatic carbocycles. The fraction of sp³-hybridized carbons (Fsp3) is 0.500. The molecule has 0 unspecified atom stereocenters. The summed E-state index contributed by atoms with van der Waals surface area (Å²) < 4.78 is 28.2. The van der Waals surface area contributed by atoms with Crippen molar-refractivity contribution in [3.63, 3.8) is 0 Å². The van der Waals surface area contributed by atoms with Crippen LogP contribution >= 0.6 is 0 Å². The summed E-state index contributed by atoms with van der Waals surface area (Å²) in [4.78, 5) is 13.1. The molecule has 0 heterocycles. The molecule has 190 valence electrons. The van der Waals surface area contributed by atoms with E-state index < -0.39 is 15.9 Å². The van der Waals surface area contributed by atoms with Crippen LogP contribution in [0.2, 0.25) is 0 Å². The fourth-order valence-electron chi connectivity index (χ4n) is 4.57. The molecule has 2 aromatic carbocycles. The van der Waals surface area contributed by atoms with E-state index in [0.29, 0.717) is 5.69 Å². The molecule has 0 saturated heterocycles. The van der Waals surface area contributed by atoms with Gasteiger partial charge in [-0.05, 0) is 74.9 Å². The molecule has 1 saturated carbocycles. The first-order chi connectivity index (χ1) is 16.9. The highest BCUT2D eigenvalue weighted by Crippen LogP contribution is 2.25. The van der Waals surface area contributed by atoms with E-state index in [1.807, 2.05) is 19.9 Å². The number of anilines is 1. The van der Waals surface area contributed by atoms with Gasteiger partial charge in [0.05, 0.1) is 10.6 Å². The monoisotopic (exact) mass is 497 g/mol. The van der Waals surface area contributed by atoms with Gasteiger partial charge in [-0.25, -0.2) is 13.8 Å². The van der Waals surface area contributed by atoms with Crippen molar-refractivity contribution in [1.82, 2.24) is 5.43 Å². The van der Waals surface area contributed by atoms with Crippen LogP contribution in [0.4, 0.5) is 5.69 Å². The number of aryl methyl sites for hydroxylation is 2. The summed E-state index contributed by atoms with van der Waals surface area (Å²) in [5, 5.41) is 4.44. The Balaban J connectivity index is 1.78. The van der Waals surface area contributed by atoms with E-state index in [9.17, 15) is 13.2 Å². The number of carbonyl (C=O) groups is 1. The molecule has 7 heteroatoms. The molecule has 0 aliphatic heterocycles. The summed E-state index contributed by atoms with van der Waals surface area (Å²) in [7, 11) is -3.93. The number of nitrogens with one attached hydrogen (secondary N) is 1. The largest absolute Gasteiger partial charge is 0.271 e. The zero-order valence-corrected chi connectivity index (χ0v) is 21.9. The molecule has 0 bridgehead atoms. The van der Waals surface area contributed by atoms with Gasteiger partial charge in [0.25, 0.3) is 15.9 Å². The molecule has 3 rings (SSSR count). The second-order valence-electron chi connectivity index (χ2n) is 9.57. The maximum absolute atomic E-state index is 13.5. The van der Waals surface area contributed by atoms with Gasteiger partial charge >= 0.3 is 0 Å². The highest BCUT2D eigenvalue weighted by atomic mass is 32.2. The fourth-order valence-corrected chi connectivity index (χ4v) is 5.99. The summed E-state index contributed by atoms with van der Waals surface area (Å²) in [6.07, 6.45) is 12.7. The standard InChI is InChI=1S/C28H39N3O3S/c1-23-19-24(2)21-26(20-23)31(35(33,34)27-17-13-10-14-18-27)22-28(32)30-29-25-15-11-8-6-4-3-5-7-9-12-16-25/h10,13-14,17-21H,3-9,11-12,15-16,22H2,1-2H3,(H,30,32). The average Bonchev–Trinajstić information content (AvgIpc) is 2.82. The summed E-state index contributed by atoms with van der Waals surface area (Å²) in [6, 6.07) is 13.8. The minimum absolute atomic E-state index is 0.151. The molecule has 0 aromatic heterocycles. The Bertz CT molecular complexity index is 1060. The van der Waals surface area contributed by atoms with Gasteiger partial charge < -0.3 is 0 Å². The predicted octanol–water partition coefficient (Wildman–Crippen LogP) is 6.28. The zero-order valence-electron chi connectivity index (χ0n) is 21.1. The SMILES string of the molecule is Cc1cc(C)cc(N(CC(=O)NN=C2CCCCCCCCCCC2)S(=O)(=O)c2ccccc2)c1. The number of hydrazone groups is 1. The minimum atomic E-state index is -3.93.